The molecule has 4 saturated carbocycles. The molecule has 5 nitrogen and oxygen atoms in total. The van der Waals surface area contributed by atoms with E-state index in [-0.39, 0.29) is 11.9 Å². The molecule has 0 heterocycles. The quantitative estimate of drug-likeness (QED) is 0.610. The lowest BCUT2D eigenvalue weighted by Gasteiger charge is -2.56. The zero-order chi connectivity index (χ0) is 20.5. The summed E-state index contributed by atoms with van der Waals surface area (Å²) in [5, 5.41) is 3.19. The monoisotopic (exact) mass is 411 g/mol. The van der Waals surface area contributed by atoms with Crippen LogP contribution in [0, 0.1) is 17.8 Å². The summed E-state index contributed by atoms with van der Waals surface area (Å²) < 4.78 is 11.1. The van der Waals surface area contributed by atoms with E-state index in [0.717, 1.165) is 17.8 Å². The van der Waals surface area contributed by atoms with Gasteiger partial charge in [-0.3, -0.25) is 14.9 Å². The number of carbonyl (C=O) groups excluding carboxylic acids is 2. The van der Waals surface area contributed by atoms with E-state index in [4.69, 9.17) is 9.47 Å². The van der Waals surface area contributed by atoms with Gasteiger partial charge >= 0.3 is 11.9 Å². The molecule has 6 heteroatoms. The average molecular weight is 412 g/mol. The molecule has 0 aromatic heterocycles. The molecule has 2 atom stereocenters. The zero-order valence-corrected chi connectivity index (χ0v) is 18.9. The Balaban J connectivity index is 1.60. The van der Waals surface area contributed by atoms with Crippen LogP contribution in [0.2, 0.25) is 0 Å². The second-order valence-electron chi connectivity index (χ2n) is 10.1. The van der Waals surface area contributed by atoms with E-state index in [9.17, 15) is 9.59 Å². The van der Waals surface area contributed by atoms with Crippen LogP contribution < -0.4 is 5.32 Å². The lowest BCUT2D eigenvalue weighted by atomic mass is 9.56. The largest absolute Gasteiger partial charge is 0.465 e. The molecule has 4 bridgehead atoms. The molecule has 28 heavy (non-hydrogen) atoms. The molecule has 0 aromatic carbocycles. The van der Waals surface area contributed by atoms with Gasteiger partial charge in [0, 0.05) is 10.5 Å². The number of rotatable bonds is 8. The maximum Gasteiger partial charge on any atom is 0.324 e. The first-order valence-electron chi connectivity index (χ1n) is 10.9. The molecule has 160 valence electrons. The van der Waals surface area contributed by atoms with Crippen molar-refractivity contribution in [2.45, 2.75) is 95.6 Å². The summed E-state index contributed by atoms with van der Waals surface area (Å²) in [6.07, 6.45) is 8.11. The molecule has 0 aromatic rings. The number of carbonyl (C=O) groups is 2. The Kier molecular flexibility index (Phi) is 6.70. The van der Waals surface area contributed by atoms with Gasteiger partial charge in [0.05, 0.1) is 6.61 Å². The minimum absolute atomic E-state index is 0.268. The summed E-state index contributed by atoms with van der Waals surface area (Å²) in [5.74, 6) is 2.70. The number of thioether (sulfide) groups is 1. The van der Waals surface area contributed by atoms with Crippen LogP contribution in [0.4, 0.5) is 0 Å². The Hall–Kier alpha value is -0.750. The van der Waals surface area contributed by atoms with E-state index in [1.54, 1.807) is 6.92 Å². The molecule has 0 amide bonds. The van der Waals surface area contributed by atoms with E-state index in [2.05, 4.69) is 5.32 Å². The third-order valence-corrected chi connectivity index (χ3v) is 7.93. The summed E-state index contributed by atoms with van der Waals surface area (Å²) in [4.78, 5) is 24.9. The minimum atomic E-state index is -0.550. The van der Waals surface area contributed by atoms with Gasteiger partial charge in [-0.25, -0.2) is 0 Å². The van der Waals surface area contributed by atoms with Gasteiger partial charge in [-0.05, 0) is 90.9 Å². The SMILES string of the molecule is CCOC(=O)[C@H](CSC12CC3CC(CC(C3)C1)C2)NC(C)C(=O)OC(C)(C)C. The van der Waals surface area contributed by atoms with Crippen molar-refractivity contribution in [1.29, 1.82) is 0 Å². The molecule has 0 saturated heterocycles. The summed E-state index contributed by atoms with van der Waals surface area (Å²) in [7, 11) is 0. The Morgan fingerprint density at radius 3 is 2.07 bits per heavy atom. The van der Waals surface area contributed by atoms with Crippen molar-refractivity contribution in [1.82, 2.24) is 5.32 Å². The molecule has 4 rings (SSSR count). The van der Waals surface area contributed by atoms with Crippen LogP contribution in [0.3, 0.4) is 0 Å². The summed E-state index contributed by atoms with van der Waals surface area (Å²) >= 11 is 1.95. The second-order valence-corrected chi connectivity index (χ2v) is 11.6. The number of nitrogens with one attached hydrogen (secondary N) is 1. The topological polar surface area (TPSA) is 64.6 Å². The molecule has 4 fully saturated rings. The van der Waals surface area contributed by atoms with E-state index in [1.807, 2.05) is 39.5 Å². The van der Waals surface area contributed by atoms with Gasteiger partial charge in [-0.2, -0.15) is 11.8 Å². The number of hydrogen-bond donors (Lipinski definition) is 1. The second kappa shape index (κ2) is 8.55. The Labute approximate surface area is 174 Å². The van der Waals surface area contributed by atoms with Crippen molar-refractivity contribution in [3.8, 4) is 0 Å². The van der Waals surface area contributed by atoms with Crippen LogP contribution in [-0.4, -0.2) is 46.7 Å². The van der Waals surface area contributed by atoms with Crippen molar-refractivity contribution in [3.63, 3.8) is 0 Å². The molecule has 1 unspecified atom stereocenters. The van der Waals surface area contributed by atoms with Crippen LogP contribution >= 0.6 is 11.8 Å². The van der Waals surface area contributed by atoms with E-state index >= 15 is 0 Å². The van der Waals surface area contributed by atoms with E-state index in [1.165, 1.54) is 38.5 Å². The van der Waals surface area contributed by atoms with Gasteiger partial charge in [0.15, 0.2) is 0 Å². The van der Waals surface area contributed by atoms with Crippen LogP contribution in [-0.2, 0) is 19.1 Å². The molecular formula is C22H37NO4S. The highest BCUT2D eigenvalue weighted by atomic mass is 32.2. The molecule has 4 aliphatic carbocycles. The van der Waals surface area contributed by atoms with Gasteiger partial charge in [-0.1, -0.05) is 0 Å². The predicted molar refractivity (Wildman–Crippen MR) is 112 cm³/mol. The molecule has 0 spiro atoms. The highest BCUT2D eigenvalue weighted by Crippen LogP contribution is 2.60. The maximum atomic E-state index is 12.6. The van der Waals surface area contributed by atoms with Crippen LogP contribution in [0.1, 0.15) is 73.1 Å². The predicted octanol–water partition coefficient (Wildman–Crippen LogP) is 3.94. The zero-order valence-electron chi connectivity index (χ0n) is 18.1. The smallest absolute Gasteiger partial charge is 0.324 e. The van der Waals surface area contributed by atoms with Crippen molar-refractivity contribution in [3.05, 3.63) is 0 Å². The fourth-order valence-corrected chi connectivity index (χ4v) is 7.47. The van der Waals surface area contributed by atoms with Gasteiger partial charge < -0.3 is 9.47 Å². The first-order valence-corrected chi connectivity index (χ1v) is 11.9. The molecule has 0 aliphatic heterocycles. The Morgan fingerprint density at radius 1 is 1.07 bits per heavy atom. The van der Waals surface area contributed by atoms with Gasteiger partial charge in [0.2, 0.25) is 0 Å². The first kappa shape index (κ1) is 21.9. The average Bonchev–Trinajstić information content (AvgIpc) is 2.55. The van der Waals surface area contributed by atoms with Gasteiger partial charge in [0.1, 0.15) is 17.7 Å². The normalized spacial score (nSPS) is 33.4. The van der Waals surface area contributed by atoms with Crippen molar-refractivity contribution in [2.75, 3.05) is 12.4 Å². The van der Waals surface area contributed by atoms with Crippen LogP contribution in [0.15, 0.2) is 0 Å². The fraction of sp³-hybridized carbons (Fsp3) is 0.909. The lowest BCUT2D eigenvalue weighted by Crippen LogP contribution is -2.52. The molecule has 1 N–H and O–H groups in total. The summed E-state index contributed by atoms with van der Waals surface area (Å²) in [6.45, 7) is 9.48. The van der Waals surface area contributed by atoms with E-state index in [0.29, 0.717) is 17.1 Å². The van der Waals surface area contributed by atoms with Gasteiger partial charge in [0.25, 0.3) is 0 Å². The lowest BCUT2D eigenvalue weighted by molar-refractivity contribution is -0.157. The third-order valence-electron chi connectivity index (χ3n) is 6.32. The standard InChI is InChI=1S/C22H37NO4S/c1-6-26-20(25)18(23-14(2)19(24)27-21(3,4)5)13-28-22-10-15-7-16(11-22)9-17(8-15)12-22/h14-18,23H,6-13H2,1-5H3/t14?,15?,16?,17?,18-,22?/m0/s1. The van der Waals surface area contributed by atoms with Crippen LogP contribution in [0.5, 0.6) is 0 Å². The van der Waals surface area contributed by atoms with Crippen LogP contribution in [0.25, 0.3) is 0 Å². The van der Waals surface area contributed by atoms with Crippen molar-refractivity contribution < 1.29 is 19.1 Å². The molecule has 0 radical (unpaired) electrons. The van der Waals surface area contributed by atoms with Crippen molar-refractivity contribution >= 4 is 23.7 Å². The molecule has 4 aliphatic rings. The Morgan fingerprint density at radius 2 is 1.61 bits per heavy atom. The van der Waals surface area contributed by atoms with E-state index < -0.39 is 17.7 Å². The minimum Gasteiger partial charge on any atom is -0.465 e. The number of ether oxygens (including phenoxy) is 2. The Bertz CT molecular complexity index is 550. The summed E-state index contributed by atoms with van der Waals surface area (Å²) in [5.41, 5.74) is -0.541. The molecular weight excluding hydrogens is 374 g/mol. The van der Waals surface area contributed by atoms with Gasteiger partial charge in [-0.15, -0.1) is 0 Å². The highest BCUT2D eigenvalue weighted by molar-refractivity contribution is 8.00. The first-order chi connectivity index (χ1) is 13.1. The third kappa shape index (κ3) is 5.44. The summed E-state index contributed by atoms with van der Waals surface area (Å²) in [6, 6.07) is -1.04. The highest BCUT2D eigenvalue weighted by Gasteiger charge is 2.51. The fourth-order valence-electron chi connectivity index (χ4n) is 5.66. The number of esters is 2. The van der Waals surface area contributed by atoms with Crippen molar-refractivity contribution in [2.24, 2.45) is 17.8 Å². The number of hydrogen-bond acceptors (Lipinski definition) is 6. The maximum absolute atomic E-state index is 12.6.